The second-order valence-electron chi connectivity index (χ2n) is 3.12. The third-order valence-electron chi connectivity index (χ3n) is 1.96. The van der Waals surface area contributed by atoms with Gasteiger partial charge in [-0.05, 0) is 6.07 Å². The topological polar surface area (TPSA) is 28.7 Å². The Bertz CT molecular complexity index is 392. The number of nitrogens with one attached hydrogen (secondary N) is 1. The van der Waals surface area contributed by atoms with Gasteiger partial charge in [0.25, 0.3) is 0 Å². The van der Waals surface area contributed by atoms with E-state index in [1.807, 2.05) is 12.1 Å². The number of para-hydroxylation sites is 1. The molecular weight excluding hydrogens is 164 g/mol. The number of hydrogen-bond acceptors (Lipinski definition) is 1. The number of aromatic amines is 1. The van der Waals surface area contributed by atoms with Gasteiger partial charge in [-0.25, -0.2) is 0 Å². The van der Waals surface area contributed by atoms with Gasteiger partial charge in [-0.3, -0.25) is 5.10 Å². The Morgan fingerprint density at radius 2 is 2.00 bits per heavy atom. The van der Waals surface area contributed by atoms with Crippen molar-refractivity contribution in [1.29, 1.82) is 0 Å². The zero-order valence-electron chi connectivity index (χ0n) is 7.26. The van der Waals surface area contributed by atoms with Crippen molar-refractivity contribution in [2.45, 2.75) is 13.1 Å². The van der Waals surface area contributed by atoms with Gasteiger partial charge in [0.1, 0.15) is 8.80 Å². The van der Waals surface area contributed by atoms with Crippen molar-refractivity contribution in [3.63, 3.8) is 0 Å². The van der Waals surface area contributed by atoms with Crippen molar-refractivity contribution >= 4 is 25.0 Å². The average molecular weight is 175 g/mol. The van der Waals surface area contributed by atoms with E-state index in [1.165, 1.54) is 10.7 Å². The van der Waals surface area contributed by atoms with Gasteiger partial charge < -0.3 is 0 Å². The minimum absolute atomic E-state index is 0.412. The van der Waals surface area contributed by atoms with Crippen molar-refractivity contribution in [2.24, 2.45) is 0 Å². The van der Waals surface area contributed by atoms with Crippen LogP contribution >= 0.6 is 0 Å². The predicted molar refractivity (Wildman–Crippen MR) is 53.2 cm³/mol. The van der Waals surface area contributed by atoms with E-state index in [4.69, 9.17) is 0 Å². The molecule has 0 unspecified atom stereocenters. The highest BCUT2D eigenvalue weighted by molar-refractivity contribution is 6.72. The molecule has 0 aliphatic heterocycles. The molecule has 0 aliphatic carbocycles. The minimum atomic E-state index is -0.412. The van der Waals surface area contributed by atoms with Gasteiger partial charge in [0.2, 0.25) is 0 Å². The maximum Gasteiger partial charge on any atom is 0.104 e. The molecule has 1 aromatic carbocycles. The summed E-state index contributed by atoms with van der Waals surface area (Å²) >= 11 is 0. The second-order valence-corrected chi connectivity index (χ2v) is 5.62. The Hall–Kier alpha value is -1.09. The monoisotopic (exact) mass is 175 g/mol. The summed E-state index contributed by atoms with van der Waals surface area (Å²) in [5.74, 6) is 0. The number of rotatable bonds is 1. The molecule has 0 aliphatic rings. The summed E-state index contributed by atoms with van der Waals surface area (Å²) in [6, 6.07) is 8.25. The van der Waals surface area contributed by atoms with E-state index in [0.717, 1.165) is 5.52 Å². The van der Waals surface area contributed by atoms with Gasteiger partial charge in [-0.2, -0.15) is 5.10 Å². The summed E-state index contributed by atoms with van der Waals surface area (Å²) in [5.41, 5.74) is 1.08. The number of nitrogens with zero attached hydrogens (tertiary/aromatic N) is 1. The summed E-state index contributed by atoms with van der Waals surface area (Å²) < 4.78 is 0. The Morgan fingerprint density at radius 3 is 2.75 bits per heavy atom. The van der Waals surface area contributed by atoms with E-state index >= 15 is 0 Å². The summed E-state index contributed by atoms with van der Waals surface area (Å²) in [5, 5.41) is 9.97. The smallest absolute Gasteiger partial charge is 0.104 e. The molecule has 0 amide bonds. The van der Waals surface area contributed by atoms with Gasteiger partial charge in [0.05, 0.1) is 5.52 Å². The fourth-order valence-corrected chi connectivity index (χ4v) is 2.37. The first-order valence-corrected chi connectivity index (χ1v) is 6.52. The van der Waals surface area contributed by atoms with Crippen molar-refractivity contribution in [3.8, 4) is 0 Å². The van der Waals surface area contributed by atoms with E-state index in [-0.39, 0.29) is 0 Å². The second kappa shape index (κ2) is 2.75. The third-order valence-corrected chi connectivity index (χ3v) is 3.34. The van der Waals surface area contributed by atoms with Crippen LogP contribution in [0.3, 0.4) is 0 Å². The number of H-pyrrole nitrogens is 1. The Kier molecular flexibility index (Phi) is 1.73. The maximum absolute atomic E-state index is 4.24. The zero-order chi connectivity index (χ0) is 8.55. The van der Waals surface area contributed by atoms with Gasteiger partial charge >= 0.3 is 0 Å². The standard InChI is InChI=1S/C9H11N2Si/c1-12(2)9-7-5-3-4-6-8(7)10-11-9/h3-6H,1-2H3,(H,10,11). The van der Waals surface area contributed by atoms with Crippen LogP contribution in [0, 0.1) is 0 Å². The van der Waals surface area contributed by atoms with Gasteiger partial charge in [-0.1, -0.05) is 31.3 Å². The fraction of sp³-hybridized carbons (Fsp3) is 0.222. The Morgan fingerprint density at radius 1 is 1.25 bits per heavy atom. The lowest BCUT2D eigenvalue weighted by molar-refractivity contribution is 1.14. The molecule has 1 heterocycles. The summed E-state index contributed by atoms with van der Waals surface area (Å²) in [6.45, 7) is 4.54. The number of aromatic nitrogens is 2. The molecule has 0 fully saturated rings. The molecule has 0 saturated heterocycles. The van der Waals surface area contributed by atoms with Crippen LogP contribution < -0.4 is 5.32 Å². The highest BCUT2D eigenvalue weighted by Gasteiger charge is 2.07. The van der Waals surface area contributed by atoms with Gasteiger partial charge in [0.15, 0.2) is 0 Å². The molecule has 3 heteroatoms. The maximum atomic E-state index is 4.24. The van der Waals surface area contributed by atoms with Crippen LogP contribution in [-0.4, -0.2) is 19.0 Å². The number of benzene rings is 1. The quantitative estimate of drug-likeness (QED) is 0.654. The Balaban J connectivity index is 2.70. The average Bonchev–Trinajstić information content (AvgIpc) is 2.47. The molecule has 0 saturated carbocycles. The lowest BCUT2D eigenvalue weighted by Crippen LogP contribution is -2.24. The van der Waals surface area contributed by atoms with Crippen LogP contribution in [0.25, 0.3) is 10.9 Å². The van der Waals surface area contributed by atoms with Crippen LogP contribution in [-0.2, 0) is 0 Å². The normalized spacial score (nSPS) is 11.2. The molecule has 1 N–H and O–H groups in total. The highest BCUT2D eigenvalue weighted by atomic mass is 28.3. The molecule has 1 aromatic heterocycles. The summed E-state index contributed by atoms with van der Waals surface area (Å²) in [4.78, 5) is 0. The van der Waals surface area contributed by atoms with Crippen molar-refractivity contribution in [2.75, 3.05) is 0 Å². The molecular formula is C9H11N2Si. The first kappa shape index (κ1) is 7.55. The van der Waals surface area contributed by atoms with Crippen LogP contribution in [0.15, 0.2) is 24.3 Å². The molecule has 2 nitrogen and oxygen atoms in total. The summed E-state index contributed by atoms with van der Waals surface area (Å²) in [6.07, 6.45) is 0. The van der Waals surface area contributed by atoms with Crippen LogP contribution in [0.2, 0.25) is 13.1 Å². The first-order chi connectivity index (χ1) is 5.79. The lowest BCUT2D eigenvalue weighted by Gasteiger charge is -1.97. The molecule has 0 spiro atoms. The minimum Gasteiger partial charge on any atom is -0.286 e. The van der Waals surface area contributed by atoms with Crippen molar-refractivity contribution in [1.82, 2.24) is 10.2 Å². The van der Waals surface area contributed by atoms with E-state index in [0.29, 0.717) is 0 Å². The van der Waals surface area contributed by atoms with Crippen molar-refractivity contribution in [3.05, 3.63) is 24.3 Å². The molecule has 2 rings (SSSR count). The number of hydrogen-bond donors (Lipinski definition) is 1. The SMILES string of the molecule is C[Si](C)c1[nH]nc2ccccc12. The van der Waals surface area contributed by atoms with E-state index in [1.54, 1.807) is 0 Å². The third kappa shape index (κ3) is 1.06. The molecule has 12 heavy (non-hydrogen) atoms. The predicted octanol–water partition coefficient (Wildman–Crippen LogP) is 1.52. The van der Waals surface area contributed by atoms with Gasteiger partial charge in [-0.15, -0.1) is 0 Å². The van der Waals surface area contributed by atoms with E-state index in [9.17, 15) is 0 Å². The lowest BCUT2D eigenvalue weighted by atomic mass is 10.3. The van der Waals surface area contributed by atoms with E-state index < -0.39 is 8.80 Å². The molecule has 61 valence electrons. The fourth-order valence-electron chi connectivity index (χ4n) is 1.34. The summed E-state index contributed by atoms with van der Waals surface area (Å²) in [7, 11) is -0.412. The van der Waals surface area contributed by atoms with E-state index in [2.05, 4.69) is 35.4 Å². The molecule has 0 atom stereocenters. The van der Waals surface area contributed by atoms with Crippen LogP contribution in [0.5, 0.6) is 0 Å². The largest absolute Gasteiger partial charge is 0.286 e. The van der Waals surface area contributed by atoms with Gasteiger partial charge in [0, 0.05) is 10.7 Å². The highest BCUT2D eigenvalue weighted by Crippen LogP contribution is 2.07. The molecule has 2 aromatic rings. The van der Waals surface area contributed by atoms with Crippen molar-refractivity contribution < 1.29 is 0 Å². The molecule has 1 radical (unpaired) electrons. The Labute approximate surface area is 73.2 Å². The van der Waals surface area contributed by atoms with Crippen LogP contribution in [0.1, 0.15) is 0 Å². The van der Waals surface area contributed by atoms with Crippen LogP contribution in [0.4, 0.5) is 0 Å². The number of fused-ring (bicyclic) bond motifs is 1. The first-order valence-electron chi connectivity index (χ1n) is 4.02. The zero-order valence-corrected chi connectivity index (χ0v) is 8.26. The molecule has 0 bridgehead atoms.